The van der Waals surface area contributed by atoms with Crippen LogP contribution in [0.1, 0.15) is 25.0 Å². The largest absolute Gasteiger partial charge is 0.311 e. The normalized spacial score (nSPS) is 11.8. The molecule has 0 aromatic heterocycles. The van der Waals surface area contributed by atoms with E-state index in [9.17, 15) is 0 Å². The molecular weight excluding hydrogens is 182 g/mol. The Morgan fingerprint density at radius 1 is 1.31 bits per heavy atom. The van der Waals surface area contributed by atoms with Gasteiger partial charge in [-0.3, -0.25) is 0 Å². The maximum atomic E-state index is 6.05. The lowest BCUT2D eigenvalue weighted by molar-refractivity contribution is 0.442. The van der Waals surface area contributed by atoms with Crippen molar-refractivity contribution in [3.8, 4) is 0 Å². The summed E-state index contributed by atoms with van der Waals surface area (Å²) in [5.41, 5.74) is 2.39. The lowest BCUT2D eigenvalue weighted by Gasteiger charge is -2.26. The summed E-state index contributed by atoms with van der Waals surface area (Å²) in [6.07, 6.45) is 0. The Balaban J connectivity index is 3.22. The molecule has 13 heavy (non-hydrogen) atoms. The van der Waals surface area contributed by atoms with Crippen LogP contribution >= 0.6 is 11.6 Å². The first kappa shape index (κ1) is 10.6. The van der Waals surface area contributed by atoms with Crippen LogP contribution in [0.5, 0.6) is 0 Å². The Kier molecular flexibility index (Phi) is 2.99. The van der Waals surface area contributed by atoms with Gasteiger partial charge in [0.1, 0.15) is 0 Å². The molecule has 0 fully saturated rings. The molecule has 1 nitrogen and oxygen atoms in total. The van der Waals surface area contributed by atoms with Gasteiger partial charge in [-0.05, 0) is 45.0 Å². The fraction of sp³-hybridized carbons (Fsp3) is 0.455. The number of halogens is 1. The van der Waals surface area contributed by atoms with Gasteiger partial charge in [0.05, 0.1) is 0 Å². The van der Waals surface area contributed by atoms with Crippen molar-refractivity contribution in [3.05, 3.63) is 34.3 Å². The Bertz CT molecular complexity index is 305. The van der Waals surface area contributed by atoms with E-state index >= 15 is 0 Å². The van der Waals surface area contributed by atoms with Crippen LogP contribution in [0.25, 0.3) is 0 Å². The molecule has 1 aromatic carbocycles. The topological polar surface area (TPSA) is 12.0 Å². The molecule has 0 atom stereocenters. The summed E-state index contributed by atoms with van der Waals surface area (Å²) in [4.78, 5) is 0. The lowest BCUT2D eigenvalue weighted by atomic mass is 9.91. The minimum absolute atomic E-state index is 0.0189. The van der Waals surface area contributed by atoms with E-state index in [4.69, 9.17) is 11.6 Å². The molecule has 0 spiro atoms. The summed E-state index contributed by atoms with van der Waals surface area (Å²) in [7, 11) is 1.96. The molecule has 0 heterocycles. The Morgan fingerprint density at radius 3 is 2.46 bits per heavy atom. The van der Waals surface area contributed by atoms with Gasteiger partial charge >= 0.3 is 0 Å². The molecule has 0 aliphatic heterocycles. The zero-order valence-electron chi connectivity index (χ0n) is 8.61. The zero-order chi connectivity index (χ0) is 10.1. The minimum Gasteiger partial charge on any atom is -0.311 e. The maximum Gasteiger partial charge on any atom is 0.0438 e. The van der Waals surface area contributed by atoms with Gasteiger partial charge in [-0.1, -0.05) is 23.7 Å². The number of rotatable bonds is 2. The van der Waals surface area contributed by atoms with Crippen LogP contribution in [0, 0.1) is 6.92 Å². The Hall–Kier alpha value is -0.530. The highest BCUT2D eigenvalue weighted by Crippen LogP contribution is 2.27. The van der Waals surface area contributed by atoms with E-state index in [-0.39, 0.29) is 5.54 Å². The van der Waals surface area contributed by atoms with Crippen LogP contribution in [-0.2, 0) is 5.54 Å². The molecule has 0 amide bonds. The predicted molar refractivity (Wildman–Crippen MR) is 58.3 cm³/mol. The fourth-order valence-electron chi connectivity index (χ4n) is 1.42. The van der Waals surface area contributed by atoms with Crippen molar-refractivity contribution in [1.82, 2.24) is 5.32 Å². The van der Waals surface area contributed by atoms with Gasteiger partial charge in [-0.15, -0.1) is 0 Å². The van der Waals surface area contributed by atoms with Crippen LogP contribution in [0.15, 0.2) is 18.2 Å². The third-order valence-corrected chi connectivity index (χ3v) is 2.98. The fourth-order valence-corrected chi connectivity index (χ4v) is 1.59. The van der Waals surface area contributed by atoms with Gasteiger partial charge in [-0.25, -0.2) is 0 Å². The highest BCUT2D eigenvalue weighted by atomic mass is 35.5. The van der Waals surface area contributed by atoms with Crippen molar-refractivity contribution in [1.29, 1.82) is 0 Å². The number of nitrogens with one attached hydrogen (secondary N) is 1. The Morgan fingerprint density at radius 2 is 1.92 bits per heavy atom. The van der Waals surface area contributed by atoms with E-state index in [1.165, 1.54) is 5.56 Å². The summed E-state index contributed by atoms with van der Waals surface area (Å²) in [6.45, 7) is 6.34. The molecule has 0 saturated carbocycles. The van der Waals surface area contributed by atoms with Crippen LogP contribution in [0.4, 0.5) is 0 Å². The molecular formula is C11H16ClN. The number of hydrogen-bond acceptors (Lipinski definition) is 1. The molecule has 0 unspecified atom stereocenters. The first-order chi connectivity index (χ1) is 5.99. The van der Waals surface area contributed by atoms with Gasteiger partial charge in [0.2, 0.25) is 0 Å². The summed E-state index contributed by atoms with van der Waals surface area (Å²) in [5.74, 6) is 0. The van der Waals surface area contributed by atoms with Crippen molar-refractivity contribution in [2.75, 3.05) is 7.05 Å². The van der Waals surface area contributed by atoms with Crippen molar-refractivity contribution in [2.24, 2.45) is 0 Å². The van der Waals surface area contributed by atoms with Gasteiger partial charge in [0.25, 0.3) is 0 Å². The maximum absolute atomic E-state index is 6.05. The zero-order valence-corrected chi connectivity index (χ0v) is 9.37. The lowest BCUT2D eigenvalue weighted by Crippen LogP contribution is -2.33. The van der Waals surface area contributed by atoms with Crippen LogP contribution in [0.3, 0.4) is 0 Å². The first-order valence-corrected chi connectivity index (χ1v) is 4.81. The standard InChI is InChI=1S/C11H16ClN/c1-8-9(11(2,3)13-4)6-5-7-10(8)12/h5-7,13H,1-4H3. The SMILES string of the molecule is CNC(C)(C)c1cccc(Cl)c1C. The van der Waals surface area contributed by atoms with Crippen LogP contribution in [0.2, 0.25) is 5.02 Å². The third kappa shape index (κ3) is 2.04. The van der Waals surface area contributed by atoms with Crippen molar-refractivity contribution < 1.29 is 0 Å². The smallest absolute Gasteiger partial charge is 0.0438 e. The van der Waals surface area contributed by atoms with E-state index in [2.05, 4.69) is 32.2 Å². The van der Waals surface area contributed by atoms with Crippen molar-refractivity contribution in [3.63, 3.8) is 0 Å². The van der Waals surface area contributed by atoms with Crippen molar-refractivity contribution in [2.45, 2.75) is 26.3 Å². The summed E-state index contributed by atoms with van der Waals surface area (Å²) < 4.78 is 0. The molecule has 2 heteroatoms. The number of benzene rings is 1. The number of hydrogen-bond donors (Lipinski definition) is 1. The summed E-state index contributed by atoms with van der Waals surface area (Å²) in [6, 6.07) is 6.02. The van der Waals surface area contributed by atoms with Gasteiger partial charge in [0, 0.05) is 10.6 Å². The molecule has 0 aliphatic carbocycles. The highest BCUT2D eigenvalue weighted by Gasteiger charge is 2.20. The molecule has 1 rings (SSSR count). The third-order valence-electron chi connectivity index (χ3n) is 2.57. The van der Waals surface area contributed by atoms with Gasteiger partial charge in [0.15, 0.2) is 0 Å². The van der Waals surface area contributed by atoms with E-state index in [0.29, 0.717) is 0 Å². The second-order valence-corrected chi connectivity index (χ2v) is 4.19. The quantitative estimate of drug-likeness (QED) is 0.769. The second-order valence-electron chi connectivity index (χ2n) is 3.79. The van der Waals surface area contributed by atoms with E-state index in [1.807, 2.05) is 19.2 Å². The van der Waals surface area contributed by atoms with Crippen LogP contribution in [-0.4, -0.2) is 7.05 Å². The minimum atomic E-state index is -0.0189. The molecule has 0 saturated heterocycles. The average molecular weight is 198 g/mol. The predicted octanol–water partition coefficient (Wildman–Crippen LogP) is 3.10. The van der Waals surface area contributed by atoms with E-state index < -0.39 is 0 Å². The van der Waals surface area contributed by atoms with Crippen molar-refractivity contribution >= 4 is 11.6 Å². The van der Waals surface area contributed by atoms with Gasteiger partial charge < -0.3 is 5.32 Å². The van der Waals surface area contributed by atoms with Gasteiger partial charge in [-0.2, -0.15) is 0 Å². The average Bonchev–Trinajstić information content (AvgIpc) is 2.09. The molecule has 72 valence electrons. The second kappa shape index (κ2) is 3.69. The summed E-state index contributed by atoms with van der Waals surface area (Å²) in [5, 5.41) is 4.10. The molecule has 0 aliphatic rings. The monoisotopic (exact) mass is 197 g/mol. The summed E-state index contributed by atoms with van der Waals surface area (Å²) >= 11 is 6.05. The highest BCUT2D eigenvalue weighted by molar-refractivity contribution is 6.31. The first-order valence-electron chi connectivity index (χ1n) is 4.43. The van der Waals surface area contributed by atoms with Crippen LogP contribution < -0.4 is 5.32 Å². The molecule has 0 bridgehead atoms. The molecule has 0 radical (unpaired) electrons. The van der Waals surface area contributed by atoms with E-state index in [1.54, 1.807) is 0 Å². The Labute approximate surface area is 85.1 Å². The molecule has 1 aromatic rings. The van der Waals surface area contributed by atoms with E-state index in [0.717, 1.165) is 10.6 Å². The molecule has 1 N–H and O–H groups in total.